The highest BCUT2D eigenvalue weighted by Gasteiger charge is 2.32. The Balaban J connectivity index is 1.68. The van der Waals surface area contributed by atoms with Crippen LogP contribution >= 0.6 is 11.3 Å². The number of aryl methyl sites for hydroxylation is 2. The molecule has 0 spiro atoms. The molecule has 0 aliphatic carbocycles. The molecule has 1 aliphatic heterocycles. The number of para-hydroxylation sites is 1. The summed E-state index contributed by atoms with van der Waals surface area (Å²) >= 11 is 1.71. The Hall–Kier alpha value is -2.20. The van der Waals surface area contributed by atoms with Crippen molar-refractivity contribution < 1.29 is 4.79 Å². The molecule has 1 fully saturated rings. The fourth-order valence-electron chi connectivity index (χ4n) is 3.56. The predicted octanol–water partition coefficient (Wildman–Crippen LogP) is 4.89. The van der Waals surface area contributed by atoms with Gasteiger partial charge < -0.3 is 4.90 Å². The standard InChI is InChI=1S/C20H20N2OS/c1-13-10-14(2)12-15(11-13)20(23)22-9-5-7-17(22)19-21-16-6-3-4-8-18(16)24-19/h3-4,6,8,10-12,17H,5,7,9H2,1-2H3/t17-/m1/s1. The highest BCUT2D eigenvalue weighted by atomic mass is 32.1. The molecule has 0 saturated carbocycles. The first kappa shape index (κ1) is 15.3. The third-order valence-corrected chi connectivity index (χ3v) is 5.72. The summed E-state index contributed by atoms with van der Waals surface area (Å²) in [6, 6.07) is 14.4. The van der Waals surface area contributed by atoms with Crippen molar-refractivity contribution in [3.8, 4) is 0 Å². The molecular formula is C20H20N2OS. The third-order valence-electron chi connectivity index (χ3n) is 4.58. The molecule has 0 bridgehead atoms. The van der Waals surface area contributed by atoms with Crippen LogP contribution in [0.2, 0.25) is 0 Å². The first-order valence-electron chi connectivity index (χ1n) is 8.36. The summed E-state index contributed by atoms with van der Waals surface area (Å²) in [5.41, 5.74) is 4.09. The Morgan fingerprint density at radius 2 is 1.92 bits per heavy atom. The number of nitrogens with zero attached hydrogens (tertiary/aromatic N) is 2. The molecule has 0 N–H and O–H groups in total. The van der Waals surface area contributed by atoms with Crippen LogP contribution in [-0.2, 0) is 0 Å². The number of rotatable bonds is 2. The minimum Gasteiger partial charge on any atom is -0.329 e. The lowest BCUT2D eigenvalue weighted by Crippen LogP contribution is -2.30. The van der Waals surface area contributed by atoms with Crippen LogP contribution in [-0.4, -0.2) is 22.3 Å². The zero-order valence-corrected chi connectivity index (χ0v) is 14.8. The van der Waals surface area contributed by atoms with Crippen LogP contribution < -0.4 is 0 Å². The molecule has 1 atom stereocenters. The average Bonchev–Trinajstić information content (AvgIpc) is 3.19. The van der Waals surface area contributed by atoms with Crippen molar-refractivity contribution in [2.75, 3.05) is 6.54 Å². The molecule has 1 saturated heterocycles. The maximum atomic E-state index is 13.1. The molecule has 2 aromatic carbocycles. The highest BCUT2D eigenvalue weighted by molar-refractivity contribution is 7.18. The molecule has 3 nitrogen and oxygen atoms in total. The number of hydrogen-bond donors (Lipinski definition) is 0. The van der Waals surface area contributed by atoms with E-state index in [1.807, 2.05) is 49.1 Å². The summed E-state index contributed by atoms with van der Waals surface area (Å²) in [5.74, 6) is 0.128. The van der Waals surface area contributed by atoms with E-state index in [1.165, 1.54) is 4.70 Å². The van der Waals surface area contributed by atoms with E-state index in [2.05, 4.69) is 12.1 Å². The van der Waals surface area contributed by atoms with Crippen LogP contribution in [0.25, 0.3) is 10.2 Å². The van der Waals surface area contributed by atoms with Crippen LogP contribution in [0.1, 0.15) is 45.4 Å². The van der Waals surface area contributed by atoms with E-state index in [4.69, 9.17) is 4.98 Å². The lowest BCUT2D eigenvalue weighted by Gasteiger charge is -2.23. The van der Waals surface area contributed by atoms with E-state index in [0.29, 0.717) is 0 Å². The number of hydrogen-bond acceptors (Lipinski definition) is 3. The Labute approximate surface area is 146 Å². The number of fused-ring (bicyclic) bond motifs is 1. The van der Waals surface area contributed by atoms with E-state index < -0.39 is 0 Å². The van der Waals surface area contributed by atoms with Gasteiger partial charge in [0, 0.05) is 12.1 Å². The normalized spacial score (nSPS) is 17.6. The summed E-state index contributed by atoms with van der Waals surface area (Å²) in [7, 11) is 0. The van der Waals surface area contributed by atoms with Crippen molar-refractivity contribution >= 4 is 27.5 Å². The third kappa shape index (κ3) is 2.71. The van der Waals surface area contributed by atoms with Gasteiger partial charge in [-0.15, -0.1) is 11.3 Å². The second kappa shape index (κ2) is 6.02. The van der Waals surface area contributed by atoms with E-state index >= 15 is 0 Å². The zero-order valence-electron chi connectivity index (χ0n) is 14.0. The monoisotopic (exact) mass is 336 g/mol. The number of carbonyl (C=O) groups excluding carboxylic acids is 1. The predicted molar refractivity (Wildman–Crippen MR) is 98.5 cm³/mol. The van der Waals surface area contributed by atoms with Crippen molar-refractivity contribution in [1.82, 2.24) is 9.88 Å². The second-order valence-electron chi connectivity index (χ2n) is 6.55. The Morgan fingerprint density at radius 3 is 2.67 bits per heavy atom. The van der Waals surface area contributed by atoms with Gasteiger partial charge in [-0.3, -0.25) is 4.79 Å². The molecular weight excluding hydrogens is 316 g/mol. The van der Waals surface area contributed by atoms with Crippen LogP contribution in [0.4, 0.5) is 0 Å². The van der Waals surface area contributed by atoms with Crippen LogP contribution in [0.15, 0.2) is 42.5 Å². The quantitative estimate of drug-likeness (QED) is 0.667. The molecule has 3 aromatic rings. The maximum Gasteiger partial charge on any atom is 0.254 e. The second-order valence-corrected chi connectivity index (χ2v) is 7.62. The van der Waals surface area contributed by atoms with Gasteiger partial charge in [0.25, 0.3) is 5.91 Å². The molecule has 122 valence electrons. The maximum absolute atomic E-state index is 13.1. The Bertz CT molecular complexity index is 862. The first-order valence-corrected chi connectivity index (χ1v) is 9.18. The number of thiazole rings is 1. The van der Waals surface area contributed by atoms with E-state index in [9.17, 15) is 4.79 Å². The molecule has 1 aromatic heterocycles. The molecule has 0 unspecified atom stereocenters. The summed E-state index contributed by atoms with van der Waals surface area (Å²) in [6.45, 7) is 4.89. The summed E-state index contributed by atoms with van der Waals surface area (Å²) in [4.78, 5) is 19.8. The lowest BCUT2D eigenvalue weighted by molar-refractivity contribution is 0.0735. The Morgan fingerprint density at radius 1 is 1.17 bits per heavy atom. The van der Waals surface area contributed by atoms with E-state index in [-0.39, 0.29) is 11.9 Å². The molecule has 1 amide bonds. The lowest BCUT2D eigenvalue weighted by atomic mass is 10.1. The van der Waals surface area contributed by atoms with Crippen molar-refractivity contribution in [3.63, 3.8) is 0 Å². The minimum atomic E-state index is 0.107. The Kier molecular flexibility index (Phi) is 3.85. The SMILES string of the molecule is Cc1cc(C)cc(C(=O)N2CCC[C@@H]2c2nc3ccccc3s2)c1. The fraction of sp³-hybridized carbons (Fsp3) is 0.300. The summed E-state index contributed by atoms with van der Waals surface area (Å²) in [6.07, 6.45) is 2.04. The van der Waals surface area contributed by atoms with Gasteiger partial charge in [0.15, 0.2) is 0 Å². The average molecular weight is 336 g/mol. The zero-order chi connectivity index (χ0) is 16.7. The molecule has 0 radical (unpaired) electrons. The smallest absolute Gasteiger partial charge is 0.254 e. The van der Waals surface area contributed by atoms with Crippen LogP contribution in [0.3, 0.4) is 0 Å². The highest BCUT2D eigenvalue weighted by Crippen LogP contribution is 2.37. The van der Waals surface area contributed by atoms with Gasteiger partial charge in [0.1, 0.15) is 5.01 Å². The van der Waals surface area contributed by atoms with Gasteiger partial charge in [0.2, 0.25) is 0 Å². The van der Waals surface area contributed by atoms with Crippen molar-refractivity contribution in [1.29, 1.82) is 0 Å². The van der Waals surface area contributed by atoms with Crippen molar-refractivity contribution in [2.45, 2.75) is 32.7 Å². The largest absolute Gasteiger partial charge is 0.329 e. The number of amides is 1. The topological polar surface area (TPSA) is 33.2 Å². The van der Waals surface area contributed by atoms with E-state index in [1.54, 1.807) is 11.3 Å². The number of likely N-dealkylation sites (tertiary alicyclic amines) is 1. The fourth-order valence-corrected chi connectivity index (χ4v) is 4.68. The summed E-state index contributed by atoms with van der Waals surface area (Å²) < 4.78 is 1.19. The van der Waals surface area contributed by atoms with Crippen LogP contribution in [0.5, 0.6) is 0 Å². The van der Waals surface area contributed by atoms with Gasteiger partial charge in [0.05, 0.1) is 16.3 Å². The number of benzene rings is 2. The number of aromatic nitrogens is 1. The van der Waals surface area contributed by atoms with E-state index in [0.717, 1.165) is 46.6 Å². The summed E-state index contributed by atoms with van der Waals surface area (Å²) in [5, 5.41) is 1.06. The van der Waals surface area contributed by atoms with Gasteiger partial charge in [-0.1, -0.05) is 29.3 Å². The van der Waals surface area contributed by atoms with Gasteiger partial charge >= 0.3 is 0 Å². The van der Waals surface area contributed by atoms with Gasteiger partial charge in [-0.2, -0.15) is 0 Å². The molecule has 4 heteroatoms. The number of carbonyl (C=O) groups is 1. The minimum absolute atomic E-state index is 0.107. The van der Waals surface area contributed by atoms with Gasteiger partial charge in [-0.25, -0.2) is 4.98 Å². The molecule has 24 heavy (non-hydrogen) atoms. The van der Waals surface area contributed by atoms with Gasteiger partial charge in [-0.05, 0) is 51.0 Å². The molecule has 1 aliphatic rings. The van der Waals surface area contributed by atoms with Crippen molar-refractivity contribution in [2.24, 2.45) is 0 Å². The molecule has 2 heterocycles. The first-order chi connectivity index (χ1) is 11.6. The van der Waals surface area contributed by atoms with Crippen molar-refractivity contribution in [3.05, 3.63) is 64.2 Å². The molecule has 4 rings (SSSR count). The van der Waals surface area contributed by atoms with Crippen LogP contribution in [0, 0.1) is 13.8 Å².